The summed E-state index contributed by atoms with van der Waals surface area (Å²) in [6, 6.07) is 26.6. The predicted molar refractivity (Wildman–Crippen MR) is 154 cm³/mol. The van der Waals surface area contributed by atoms with Crippen molar-refractivity contribution in [1.82, 2.24) is 9.88 Å². The highest BCUT2D eigenvalue weighted by Crippen LogP contribution is 2.69. The van der Waals surface area contributed by atoms with E-state index in [0.717, 1.165) is 12.1 Å². The van der Waals surface area contributed by atoms with E-state index in [4.69, 9.17) is 0 Å². The second-order valence-corrected chi connectivity index (χ2v) is 11.9. The molecule has 0 saturated heterocycles. The van der Waals surface area contributed by atoms with E-state index in [1.807, 2.05) is 50.3 Å². The summed E-state index contributed by atoms with van der Waals surface area (Å²) in [5.41, 5.74) is -0.163. The first-order chi connectivity index (χ1) is 18.3. The molecule has 1 unspecified atom stereocenters. The molecule has 0 bridgehead atoms. The summed E-state index contributed by atoms with van der Waals surface area (Å²) in [4.78, 5) is 6.82. The lowest BCUT2D eigenvalue weighted by molar-refractivity contribution is -0.0460. The van der Waals surface area contributed by atoms with Gasteiger partial charge in [-0.2, -0.15) is 0 Å². The molecule has 2 aliphatic carbocycles. The zero-order valence-corrected chi connectivity index (χ0v) is 22.8. The minimum absolute atomic E-state index is 0.209. The molecule has 0 radical (unpaired) electrons. The number of hydrogen-bond acceptors (Lipinski definition) is 4. The summed E-state index contributed by atoms with van der Waals surface area (Å²) in [5.74, 6) is 0.548. The van der Waals surface area contributed by atoms with Crippen LogP contribution in [-0.2, 0) is 13.1 Å². The Morgan fingerprint density at radius 3 is 1.97 bits per heavy atom. The van der Waals surface area contributed by atoms with E-state index in [9.17, 15) is 10.2 Å². The van der Waals surface area contributed by atoms with Gasteiger partial charge in [0, 0.05) is 30.7 Å². The van der Waals surface area contributed by atoms with E-state index in [1.54, 1.807) is 12.3 Å². The smallest absolute Gasteiger partial charge is 0.122 e. The van der Waals surface area contributed by atoms with Crippen LogP contribution in [0.2, 0.25) is 0 Å². The van der Waals surface area contributed by atoms with Gasteiger partial charge in [0.25, 0.3) is 0 Å². The molecule has 3 atom stereocenters. The number of aliphatic hydroxyl groups is 2. The summed E-state index contributed by atoms with van der Waals surface area (Å²) in [5, 5.41) is 24.7. The molecule has 38 heavy (non-hydrogen) atoms. The molecule has 5 rings (SSSR count). The SMILES string of the molecule is CC1(C)[C@@](O)(C=Cc2ccccn2)[C@]1(O)C(CC1CCCCC1)N(Cc1ccccc1)Cc1ccccc1. The topological polar surface area (TPSA) is 56.6 Å². The molecule has 0 spiro atoms. The summed E-state index contributed by atoms with van der Waals surface area (Å²) < 4.78 is 0. The van der Waals surface area contributed by atoms with Gasteiger partial charge in [-0.3, -0.25) is 9.88 Å². The molecule has 2 saturated carbocycles. The van der Waals surface area contributed by atoms with Crippen molar-refractivity contribution < 1.29 is 10.2 Å². The second-order valence-electron chi connectivity index (χ2n) is 11.9. The fraction of sp³-hybridized carbons (Fsp3) is 0.441. The Labute approximate surface area is 228 Å². The van der Waals surface area contributed by atoms with Gasteiger partial charge in [0.1, 0.15) is 11.2 Å². The third-order valence-electron chi connectivity index (χ3n) is 9.27. The molecule has 4 heteroatoms. The van der Waals surface area contributed by atoms with Crippen LogP contribution in [0.1, 0.15) is 69.2 Å². The second kappa shape index (κ2) is 11.1. The Bertz CT molecular complexity index is 1150. The van der Waals surface area contributed by atoms with Gasteiger partial charge in [0.2, 0.25) is 0 Å². The van der Waals surface area contributed by atoms with Crippen LogP contribution in [0.3, 0.4) is 0 Å². The van der Waals surface area contributed by atoms with Crippen molar-refractivity contribution in [2.75, 3.05) is 0 Å². The van der Waals surface area contributed by atoms with Gasteiger partial charge in [-0.1, -0.05) is 113 Å². The Morgan fingerprint density at radius 2 is 1.42 bits per heavy atom. The zero-order chi connectivity index (χ0) is 26.6. The predicted octanol–water partition coefficient (Wildman–Crippen LogP) is 6.64. The summed E-state index contributed by atoms with van der Waals surface area (Å²) in [6.45, 7) is 5.44. The summed E-state index contributed by atoms with van der Waals surface area (Å²) in [7, 11) is 0. The molecule has 2 aromatic carbocycles. The lowest BCUT2D eigenvalue weighted by Crippen LogP contribution is -2.50. The standard InChI is InChI=1S/C34H42N2O2/c1-32(2)33(37,22-21-30-20-12-13-23-35-30)34(32,38)31(24-27-14-6-3-7-15-27)36(25-28-16-8-4-9-17-28)26-29-18-10-5-11-19-29/h4-5,8-13,16-23,27,31,37-38H,3,6-7,14-15,24-26H2,1-2H3/t31?,33-,34-/m0/s1. The molecule has 1 heterocycles. The van der Waals surface area contributed by atoms with Crippen LogP contribution < -0.4 is 0 Å². The Morgan fingerprint density at radius 1 is 0.842 bits per heavy atom. The maximum atomic E-state index is 12.6. The molecule has 200 valence electrons. The first-order valence-electron chi connectivity index (χ1n) is 14.2. The fourth-order valence-electron chi connectivity index (χ4n) is 6.82. The normalized spacial score (nSPS) is 26.0. The van der Waals surface area contributed by atoms with Crippen LogP contribution in [0.5, 0.6) is 0 Å². The van der Waals surface area contributed by atoms with Gasteiger partial charge < -0.3 is 10.2 Å². The Kier molecular flexibility index (Phi) is 7.85. The van der Waals surface area contributed by atoms with Crippen molar-refractivity contribution >= 4 is 6.08 Å². The van der Waals surface area contributed by atoms with Gasteiger partial charge >= 0.3 is 0 Å². The molecule has 2 aliphatic rings. The van der Waals surface area contributed by atoms with E-state index in [1.165, 1.54) is 43.2 Å². The van der Waals surface area contributed by atoms with Crippen molar-refractivity contribution in [3.8, 4) is 0 Å². The van der Waals surface area contributed by atoms with Crippen molar-refractivity contribution in [2.45, 2.75) is 82.7 Å². The molecule has 3 aromatic rings. The number of nitrogens with zero attached hydrogens (tertiary/aromatic N) is 2. The van der Waals surface area contributed by atoms with Crippen molar-refractivity contribution in [2.24, 2.45) is 11.3 Å². The highest BCUT2D eigenvalue weighted by Gasteiger charge is 2.84. The Hall–Kier alpha value is -2.79. The fourth-order valence-corrected chi connectivity index (χ4v) is 6.82. The molecule has 2 N–H and O–H groups in total. The number of rotatable bonds is 10. The molecular formula is C34H42N2O2. The van der Waals surface area contributed by atoms with Crippen molar-refractivity contribution in [3.63, 3.8) is 0 Å². The molecule has 0 aliphatic heterocycles. The zero-order valence-electron chi connectivity index (χ0n) is 22.8. The first-order valence-corrected chi connectivity index (χ1v) is 14.2. The van der Waals surface area contributed by atoms with Gasteiger partial charge in [-0.15, -0.1) is 0 Å². The van der Waals surface area contributed by atoms with Crippen LogP contribution in [0.15, 0.2) is 91.1 Å². The maximum Gasteiger partial charge on any atom is 0.122 e. The lowest BCUT2D eigenvalue weighted by Gasteiger charge is -2.40. The van der Waals surface area contributed by atoms with Gasteiger partial charge in [-0.25, -0.2) is 0 Å². The maximum absolute atomic E-state index is 12.6. The molecular weight excluding hydrogens is 468 g/mol. The average molecular weight is 511 g/mol. The van der Waals surface area contributed by atoms with Crippen molar-refractivity contribution in [3.05, 3.63) is 108 Å². The third-order valence-corrected chi connectivity index (χ3v) is 9.27. The first kappa shape index (κ1) is 26.8. The van der Waals surface area contributed by atoms with Crippen molar-refractivity contribution in [1.29, 1.82) is 0 Å². The van der Waals surface area contributed by atoms with Crippen LogP contribution in [0.4, 0.5) is 0 Å². The molecule has 4 nitrogen and oxygen atoms in total. The van der Waals surface area contributed by atoms with Gasteiger partial charge in [-0.05, 0) is 47.8 Å². The van der Waals surface area contributed by atoms with Gasteiger partial charge in [0.05, 0.1) is 5.69 Å². The number of aromatic nitrogens is 1. The largest absolute Gasteiger partial charge is 0.384 e. The van der Waals surface area contributed by atoms with E-state index in [2.05, 4.69) is 58.4 Å². The van der Waals surface area contributed by atoms with Crippen LogP contribution >= 0.6 is 0 Å². The summed E-state index contributed by atoms with van der Waals surface area (Å²) in [6.07, 6.45) is 12.5. The van der Waals surface area contributed by atoms with E-state index >= 15 is 0 Å². The molecule has 1 aromatic heterocycles. The van der Waals surface area contributed by atoms with E-state index in [0.29, 0.717) is 19.0 Å². The van der Waals surface area contributed by atoms with Crippen LogP contribution in [0, 0.1) is 11.3 Å². The van der Waals surface area contributed by atoms with E-state index < -0.39 is 16.6 Å². The molecule has 2 fully saturated rings. The number of hydrogen-bond donors (Lipinski definition) is 2. The van der Waals surface area contributed by atoms with E-state index in [-0.39, 0.29) is 6.04 Å². The monoisotopic (exact) mass is 510 g/mol. The average Bonchev–Trinajstić information content (AvgIpc) is 3.31. The highest BCUT2D eigenvalue weighted by atomic mass is 16.4. The minimum Gasteiger partial charge on any atom is -0.384 e. The van der Waals surface area contributed by atoms with Crippen LogP contribution in [-0.4, -0.2) is 37.3 Å². The number of pyridine rings is 1. The minimum atomic E-state index is -1.36. The van der Waals surface area contributed by atoms with Gasteiger partial charge in [0.15, 0.2) is 0 Å². The Balaban J connectivity index is 1.53. The molecule has 0 amide bonds. The number of benzene rings is 2. The highest BCUT2D eigenvalue weighted by molar-refractivity contribution is 5.53. The lowest BCUT2D eigenvalue weighted by atomic mass is 9.81. The quantitative estimate of drug-likeness (QED) is 0.321. The third kappa shape index (κ3) is 5.10. The van der Waals surface area contributed by atoms with Crippen LogP contribution in [0.25, 0.3) is 6.08 Å². The summed E-state index contributed by atoms with van der Waals surface area (Å²) >= 11 is 0.